The van der Waals surface area contributed by atoms with Crippen LogP contribution >= 0.6 is 24.0 Å². The van der Waals surface area contributed by atoms with E-state index in [1.807, 2.05) is 38.1 Å². The van der Waals surface area contributed by atoms with Crippen molar-refractivity contribution in [2.75, 3.05) is 18.9 Å². The number of aliphatic imine (C=N–C) groups is 1. The lowest BCUT2D eigenvalue weighted by Gasteiger charge is -2.14. The number of amides is 1. The van der Waals surface area contributed by atoms with Gasteiger partial charge in [-0.3, -0.25) is 9.79 Å². The number of benzene rings is 1. The summed E-state index contributed by atoms with van der Waals surface area (Å²) in [6.07, 6.45) is 3.18. The van der Waals surface area contributed by atoms with E-state index in [0.29, 0.717) is 6.54 Å². The van der Waals surface area contributed by atoms with Gasteiger partial charge in [0.15, 0.2) is 5.96 Å². The first-order chi connectivity index (χ1) is 12.0. The van der Waals surface area contributed by atoms with Gasteiger partial charge in [-0.1, -0.05) is 39.8 Å². The molecular weight excluding hydrogens is 439 g/mol. The molecule has 148 valence electrons. The predicted octanol–water partition coefficient (Wildman–Crippen LogP) is 4.39. The van der Waals surface area contributed by atoms with Crippen LogP contribution < -0.4 is 16.0 Å². The van der Waals surface area contributed by atoms with Crippen LogP contribution in [0, 0.1) is 11.8 Å². The van der Waals surface area contributed by atoms with Crippen LogP contribution in [0.25, 0.3) is 0 Å². The van der Waals surface area contributed by atoms with Crippen molar-refractivity contribution in [2.45, 2.75) is 53.5 Å². The van der Waals surface area contributed by atoms with Crippen molar-refractivity contribution < 1.29 is 4.79 Å². The molecule has 0 bridgehead atoms. The van der Waals surface area contributed by atoms with Gasteiger partial charge in [-0.05, 0) is 42.9 Å². The Bertz CT molecular complexity index is 560. The lowest BCUT2D eigenvalue weighted by Crippen LogP contribution is -2.37. The minimum atomic E-state index is 0. The number of nitrogens with zero attached hydrogens (tertiary/aromatic N) is 1. The molecule has 0 radical (unpaired) electrons. The Morgan fingerprint density at radius 2 is 1.92 bits per heavy atom. The zero-order chi connectivity index (χ0) is 18.7. The lowest BCUT2D eigenvalue weighted by molar-refractivity contribution is -0.119. The summed E-state index contributed by atoms with van der Waals surface area (Å²) >= 11 is 0. The summed E-state index contributed by atoms with van der Waals surface area (Å²) in [7, 11) is 1.78. The van der Waals surface area contributed by atoms with Crippen LogP contribution in [0.5, 0.6) is 0 Å². The van der Waals surface area contributed by atoms with Crippen molar-refractivity contribution in [1.82, 2.24) is 10.6 Å². The standard InChI is InChI=1S/C20H34N4O.HI/c1-6-16(4)19(25)24-18-11-7-10-17(13-18)14-23-20(21-5)22-12-8-9-15(2)3;/h7,10-11,13,15-16H,6,8-9,12,14H2,1-5H3,(H,24,25)(H2,21,22,23);1H. The first kappa shape index (κ1) is 24.7. The number of rotatable bonds is 9. The topological polar surface area (TPSA) is 65.5 Å². The van der Waals surface area contributed by atoms with Gasteiger partial charge in [0.25, 0.3) is 0 Å². The third-order valence-electron chi connectivity index (χ3n) is 4.19. The van der Waals surface area contributed by atoms with E-state index in [-0.39, 0.29) is 35.8 Å². The number of anilines is 1. The predicted molar refractivity (Wildman–Crippen MR) is 122 cm³/mol. The molecule has 0 aliphatic heterocycles. The molecule has 0 spiro atoms. The molecule has 1 atom stereocenters. The highest BCUT2D eigenvalue weighted by Gasteiger charge is 2.10. The summed E-state index contributed by atoms with van der Waals surface area (Å²) in [6.45, 7) is 10.0. The molecular formula is C20H35IN4O. The Hall–Kier alpha value is -1.31. The Morgan fingerprint density at radius 3 is 2.54 bits per heavy atom. The van der Waals surface area contributed by atoms with Crippen LogP contribution in [0.3, 0.4) is 0 Å². The molecule has 5 nitrogen and oxygen atoms in total. The third kappa shape index (κ3) is 9.99. The third-order valence-corrected chi connectivity index (χ3v) is 4.19. The molecule has 0 aromatic heterocycles. The SMILES string of the molecule is CCC(C)C(=O)Nc1cccc(CNC(=NC)NCCCC(C)C)c1.I. The molecule has 0 saturated carbocycles. The molecule has 1 unspecified atom stereocenters. The van der Waals surface area contributed by atoms with E-state index < -0.39 is 0 Å². The first-order valence-corrected chi connectivity index (χ1v) is 9.30. The summed E-state index contributed by atoms with van der Waals surface area (Å²) in [4.78, 5) is 16.3. The molecule has 0 aliphatic rings. The van der Waals surface area contributed by atoms with Crippen LogP contribution in [0.4, 0.5) is 5.69 Å². The molecule has 1 amide bonds. The second-order valence-electron chi connectivity index (χ2n) is 6.89. The van der Waals surface area contributed by atoms with Gasteiger partial charge in [0.2, 0.25) is 5.91 Å². The zero-order valence-electron chi connectivity index (χ0n) is 16.8. The number of hydrogen-bond donors (Lipinski definition) is 3. The minimum absolute atomic E-state index is 0. The summed E-state index contributed by atoms with van der Waals surface area (Å²) in [6, 6.07) is 7.92. The van der Waals surface area contributed by atoms with Gasteiger partial charge in [0.05, 0.1) is 0 Å². The number of guanidine groups is 1. The van der Waals surface area contributed by atoms with Gasteiger partial charge in [0, 0.05) is 31.7 Å². The van der Waals surface area contributed by atoms with Gasteiger partial charge in [0.1, 0.15) is 0 Å². The monoisotopic (exact) mass is 474 g/mol. The van der Waals surface area contributed by atoms with E-state index in [2.05, 4.69) is 34.8 Å². The van der Waals surface area contributed by atoms with Gasteiger partial charge < -0.3 is 16.0 Å². The highest BCUT2D eigenvalue weighted by atomic mass is 127. The van der Waals surface area contributed by atoms with Crippen molar-refractivity contribution in [3.05, 3.63) is 29.8 Å². The number of hydrogen-bond acceptors (Lipinski definition) is 2. The smallest absolute Gasteiger partial charge is 0.227 e. The molecule has 1 aromatic carbocycles. The lowest BCUT2D eigenvalue weighted by atomic mass is 10.1. The molecule has 26 heavy (non-hydrogen) atoms. The van der Waals surface area contributed by atoms with Gasteiger partial charge in [-0.15, -0.1) is 24.0 Å². The van der Waals surface area contributed by atoms with Crippen LogP contribution in [0.15, 0.2) is 29.3 Å². The summed E-state index contributed by atoms with van der Waals surface area (Å²) in [5.74, 6) is 1.62. The summed E-state index contributed by atoms with van der Waals surface area (Å²) in [5.41, 5.74) is 1.94. The molecule has 1 aromatic rings. The van der Waals surface area contributed by atoms with Crippen molar-refractivity contribution in [2.24, 2.45) is 16.8 Å². The fourth-order valence-corrected chi connectivity index (χ4v) is 2.33. The second-order valence-corrected chi connectivity index (χ2v) is 6.89. The van der Waals surface area contributed by atoms with E-state index in [0.717, 1.165) is 42.5 Å². The molecule has 3 N–H and O–H groups in total. The van der Waals surface area contributed by atoms with E-state index in [1.165, 1.54) is 6.42 Å². The highest BCUT2D eigenvalue weighted by molar-refractivity contribution is 14.0. The van der Waals surface area contributed by atoms with E-state index in [4.69, 9.17) is 0 Å². The average molecular weight is 474 g/mol. The largest absolute Gasteiger partial charge is 0.356 e. The van der Waals surface area contributed by atoms with Crippen LogP contribution in [-0.2, 0) is 11.3 Å². The van der Waals surface area contributed by atoms with E-state index in [9.17, 15) is 4.79 Å². The van der Waals surface area contributed by atoms with Crippen molar-refractivity contribution in [3.8, 4) is 0 Å². The van der Waals surface area contributed by atoms with Gasteiger partial charge >= 0.3 is 0 Å². The molecule has 6 heteroatoms. The van der Waals surface area contributed by atoms with Crippen LogP contribution in [0.1, 0.15) is 52.5 Å². The Morgan fingerprint density at radius 1 is 1.19 bits per heavy atom. The maximum absolute atomic E-state index is 12.0. The van der Waals surface area contributed by atoms with Gasteiger partial charge in [-0.25, -0.2) is 0 Å². The summed E-state index contributed by atoms with van der Waals surface area (Å²) < 4.78 is 0. The van der Waals surface area contributed by atoms with Crippen LogP contribution in [0.2, 0.25) is 0 Å². The zero-order valence-corrected chi connectivity index (χ0v) is 19.1. The number of carbonyl (C=O) groups excluding carboxylic acids is 1. The Kier molecular flexibility index (Phi) is 13.1. The fraction of sp³-hybridized carbons (Fsp3) is 0.600. The fourth-order valence-electron chi connectivity index (χ4n) is 2.33. The first-order valence-electron chi connectivity index (χ1n) is 9.30. The van der Waals surface area contributed by atoms with E-state index in [1.54, 1.807) is 7.05 Å². The highest BCUT2D eigenvalue weighted by Crippen LogP contribution is 2.13. The summed E-state index contributed by atoms with van der Waals surface area (Å²) in [5, 5.41) is 9.62. The van der Waals surface area contributed by atoms with Crippen LogP contribution in [-0.4, -0.2) is 25.5 Å². The number of nitrogens with one attached hydrogen (secondary N) is 3. The molecule has 0 heterocycles. The minimum Gasteiger partial charge on any atom is -0.356 e. The normalized spacial score (nSPS) is 12.3. The Balaban J connectivity index is 0.00000625. The van der Waals surface area contributed by atoms with Crippen molar-refractivity contribution in [3.63, 3.8) is 0 Å². The quantitative estimate of drug-likeness (QED) is 0.215. The van der Waals surface area contributed by atoms with Crippen molar-refractivity contribution in [1.29, 1.82) is 0 Å². The number of carbonyl (C=O) groups is 1. The molecule has 0 aliphatic carbocycles. The van der Waals surface area contributed by atoms with Crippen molar-refractivity contribution >= 4 is 41.5 Å². The Labute approximate surface area is 175 Å². The maximum Gasteiger partial charge on any atom is 0.227 e. The van der Waals surface area contributed by atoms with Gasteiger partial charge in [-0.2, -0.15) is 0 Å². The molecule has 0 saturated heterocycles. The van der Waals surface area contributed by atoms with E-state index >= 15 is 0 Å². The number of halogens is 1. The molecule has 1 rings (SSSR count). The second kappa shape index (κ2) is 13.8. The average Bonchev–Trinajstić information content (AvgIpc) is 2.60. The molecule has 0 fully saturated rings. The maximum atomic E-state index is 12.0.